The molecule has 1 aromatic carbocycles. The average Bonchev–Trinajstić information content (AvgIpc) is 3.70. The normalized spacial score (nSPS) is 11.0. The molecule has 0 atom stereocenters. The van der Waals surface area contributed by atoms with E-state index in [9.17, 15) is 19.5 Å². The highest BCUT2D eigenvalue weighted by atomic mass is 35.5. The molecule has 0 aliphatic rings. The summed E-state index contributed by atoms with van der Waals surface area (Å²) in [6.07, 6.45) is 4.32. The molecule has 2 N–H and O–H groups in total. The van der Waals surface area contributed by atoms with Crippen LogP contribution in [-0.2, 0) is 19.7 Å². The average molecular weight is 638 g/mol. The number of hydrogen-bond donors (Lipinski definition) is 2. The summed E-state index contributed by atoms with van der Waals surface area (Å²) in [4.78, 5) is 54.2. The molecular formula is C32H24ClN7O4S. The first kappa shape index (κ1) is 29.8. The number of anilines is 1. The molecule has 0 fully saturated rings. The quantitative estimate of drug-likeness (QED) is 0.199. The minimum absolute atomic E-state index is 0.162. The molecule has 45 heavy (non-hydrogen) atoms. The maximum Gasteiger partial charge on any atom is 0.280 e. The first-order valence-corrected chi connectivity index (χ1v) is 14.9. The molecule has 0 bridgehead atoms. The van der Waals surface area contributed by atoms with Crippen LogP contribution in [0.2, 0.25) is 4.34 Å². The molecule has 6 rings (SSSR count). The van der Waals surface area contributed by atoms with E-state index in [1.807, 2.05) is 6.07 Å². The van der Waals surface area contributed by atoms with Crippen molar-refractivity contribution < 1.29 is 14.7 Å². The van der Waals surface area contributed by atoms with Gasteiger partial charge in [0.05, 0.1) is 41.0 Å². The van der Waals surface area contributed by atoms with Gasteiger partial charge in [-0.25, -0.2) is 9.97 Å². The lowest BCUT2D eigenvalue weighted by Crippen LogP contribution is -2.27. The Morgan fingerprint density at radius 1 is 0.933 bits per heavy atom. The summed E-state index contributed by atoms with van der Waals surface area (Å²) < 4.78 is 3.14. The minimum atomic E-state index is -0.503. The zero-order valence-corrected chi connectivity index (χ0v) is 25.1. The van der Waals surface area contributed by atoms with E-state index < -0.39 is 17.2 Å². The zero-order valence-electron chi connectivity index (χ0n) is 23.5. The number of nitrogens with one attached hydrogen (secondary N) is 1. The summed E-state index contributed by atoms with van der Waals surface area (Å²) in [6, 6.07) is 21.9. The standard InChI is InChI=1S/C32H24ClN7O4S/c33-29-10-7-22(45-29)16-36-30-15-26(38-40(30)31(43)21-5-3-4-20(14-21)18-41)23-8-9-27(24-6-1-2-12-35-24)39(32(23)44)17-28(42)25-11-13-34-19-37-25/h1-15,19,36,41H,16-18H2. The van der Waals surface area contributed by atoms with Crippen LogP contribution in [0.5, 0.6) is 0 Å². The number of aliphatic hydroxyl groups is 1. The van der Waals surface area contributed by atoms with E-state index in [4.69, 9.17) is 11.6 Å². The number of hydrogen-bond acceptors (Lipinski definition) is 10. The van der Waals surface area contributed by atoms with Crippen molar-refractivity contribution in [3.63, 3.8) is 0 Å². The number of aliphatic hydroxyl groups excluding tert-OH is 1. The second kappa shape index (κ2) is 13.1. The largest absolute Gasteiger partial charge is 0.392 e. The van der Waals surface area contributed by atoms with Crippen molar-refractivity contribution in [3.05, 3.63) is 134 Å². The second-order valence-electron chi connectivity index (χ2n) is 9.81. The van der Waals surface area contributed by atoms with Crippen LogP contribution in [0.4, 0.5) is 5.82 Å². The minimum Gasteiger partial charge on any atom is -0.392 e. The van der Waals surface area contributed by atoms with E-state index in [0.29, 0.717) is 39.2 Å². The van der Waals surface area contributed by atoms with Crippen LogP contribution in [-0.4, -0.2) is 46.1 Å². The van der Waals surface area contributed by atoms with E-state index in [-0.39, 0.29) is 30.1 Å². The molecule has 13 heteroatoms. The van der Waals surface area contributed by atoms with E-state index in [0.717, 1.165) is 4.88 Å². The summed E-state index contributed by atoms with van der Waals surface area (Å²) in [7, 11) is 0. The number of thiophene rings is 1. The van der Waals surface area contributed by atoms with Crippen molar-refractivity contribution in [2.24, 2.45) is 0 Å². The van der Waals surface area contributed by atoms with Crippen molar-refractivity contribution in [1.82, 2.24) is 29.3 Å². The molecule has 0 amide bonds. The molecule has 0 radical (unpaired) electrons. The fourth-order valence-electron chi connectivity index (χ4n) is 4.69. The van der Waals surface area contributed by atoms with E-state index in [2.05, 4.69) is 25.4 Å². The van der Waals surface area contributed by atoms with E-state index >= 15 is 0 Å². The molecule has 11 nitrogen and oxygen atoms in total. The summed E-state index contributed by atoms with van der Waals surface area (Å²) in [6.45, 7) is -0.193. The summed E-state index contributed by atoms with van der Waals surface area (Å²) in [5.41, 5.74) is 1.84. The number of carbonyl (C=O) groups is 2. The van der Waals surface area contributed by atoms with E-state index in [1.54, 1.807) is 72.9 Å². The second-order valence-corrected chi connectivity index (χ2v) is 11.6. The lowest BCUT2D eigenvalue weighted by Gasteiger charge is -2.13. The number of carbonyl (C=O) groups excluding carboxylic acids is 2. The Balaban J connectivity index is 1.44. The Kier molecular flexibility index (Phi) is 8.69. The van der Waals surface area contributed by atoms with Crippen LogP contribution in [0, 0.1) is 0 Å². The third-order valence-corrected chi connectivity index (χ3v) is 8.11. The van der Waals surface area contributed by atoms with Gasteiger partial charge >= 0.3 is 0 Å². The van der Waals surface area contributed by atoms with Crippen molar-refractivity contribution in [1.29, 1.82) is 0 Å². The zero-order chi connectivity index (χ0) is 31.3. The van der Waals surface area contributed by atoms with Gasteiger partial charge in [0, 0.05) is 28.9 Å². The van der Waals surface area contributed by atoms with Gasteiger partial charge in [-0.05, 0) is 60.2 Å². The van der Waals surface area contributed by atoms with Gasteiger partial charge in [-0.3, -0.25) is 23.9 Å². The summed E-state index contributed by atoms with van der Waals surface area (Å²) in [5, 5.41) is 17.4. The summed E-state index contributed by atoms with van der Waals surface area (Å²) in [5.74, 6) is -0.520. The highest BCUT2D eigenvalue weighted by Gasteiger charge is 2.22. The molecule has 5 aromatic heterocycles. The van der Waals surface area contributed by atoms with Crippen LogP contribution >= 0.6 is 22.9 Å². The van der Waals surface area contributed by atoms with Gasteiger partial charge < -0.3 is 10.4 Å². The van der Waals surface area contributed by atoms with Gasteiger partial charge in [-0.1, -0.05) is 29.8 Å². The Labute approximate surface area is 265 Å². The molecule has 0 aliphatic heterocycles. The number of rotatable bonds is 10. The summed E-state index contributed by atoms with van der Waals surface area (Å²) >= 11 is 7.50. The SMILES string of the molecule is O=C(Cn1c(-c2ccccn2)ccc(-c2cc(NCc3ccc(Cl)s3)n(C(=O)c3cccc(CO)c3)n2)c1=O)c1ccncn1. The fourth-order valence-corrected chi connectivity index (χ4v) is 5.72. The fraction of sp³-hybridized carbons (Fsp3) is 0.0938. The van der Waals surface area contributed by atoms with Crippen LogP contribution in [0.3, 0.4) is 0 Å². The van der Waals surface area contributed by atoms with E-state index in [1.165, 1.54) is 39.2 Å². The molecule has 0 saturated carbocycles. The van der Waals surface area contributed by atoms with Gasteiger partial charge in [0.1, 0.15) is 23.5 Å². The van der Waals surface area contributed by atoms with Crippen LogP contribution in [0.1, 0.15) is 31.3 Å². The number of pyridine rings is 2. The number of nitrogens with zero attached hydrogens (tertiary/aromatic N) is 6. The Morgan fingerprint density at radius 2 is 1.82 bits per heavy atom. The Bertz CT molecular complexity index is 2060. The molecule has 0 aliphatic carbocycles. The van der Waals surface area contributed by atoms with Crippen molar-refractivity contribution in [2.75, 3.05) is 5.32 Å². The molecule has 0 unspecified atom stereocenters. The van der Waals surface area contributed by atoms with Crippen molar-refractivity contribution in [3.8, 4) is 22.6 Å². The van der Waals surface area contributed by atoms with Gasteiger partial charge in [-0.15, -0.1) is 11.3 Å². The van der Waals surface area contributed by atoms with Crippen molar-refractivity contribution >= 4 is 40.4 Å². The predicted octanol–water partition coefficient (Wildman–Crippen LogP) is 4.95. The Morgan fingerprint density at radius 3 is 2.56 bits per heavy atom. The molecular weight excluding hydrogens is 614 g/mol. The maximum atomic E-state index is 14.1. The topological polar surface area (TPSA) is 145 Å². The van der Waals surface area contributed by atoms with Gasteiger partial charge in [0.2, 0.25) is 5.78 Å². The lowest BCUT2D eigenvalue weighted by atomic mass is 10.1. The van der Waals surface area contributed by atoms with Crippen LogP contribution < -0.4 is 10.9 Å². The van der Waals surface area contributed by atoms with Crippen LogP contribution in [0.25, 0.3) is 22.6 Å². The molecule has 6 aromatic rings. The lowest BCUT2D eigenvalue weighted by molar-refractivity contribution is 0.0945. The van der Waals surface area contributed by atoms with Gasteiger partial charge in [0.25, 0.3) is 11.5 Å². The highest BCUT2D eigenvalue weighted by Crippen LogP contribution is 2.26. The van der Waals surface area contributed by atoms with Crippen LogP contribution in [0.15, 0.2) is 102 Å². The molecule has 5 heterocycles. The highest BCUT2D eigenvalue weighted by molar-refractivity contribution is 7.16. The number of Topliss-reactive ketones (excluding diaryl/α,β-unsaturated/α-hetero) is 1. The van der Waals surface area contributed by atoms with Gasteiger partial charge in [-0.2, -0.15) is 9.78 Å². The number of halogens is 1. The smallest absolute Gasteiger partial charge is 0.280 e. The molecule has 224 valence electrons. The number of ketones is 1. The number of aromatic nitrogens is 6. The molecule has 0 spiro atoms. The first-order valence-electron chi connectivity index (χ1n) is 13.7. The van der Waals surface area contributed by atoms with Crippen molar-refractivity contribution in [2.45, 2.75) is 19.7 Å². The maximum absolute atomic E-state index is 14.1. The number of benzene rings is 1. The Hall–Kier alpha value is -5.30. The van der Waals surface area contributed by atoms with Gasteiger partial charge in [0.15, 0.2) is 0 Å². The monoisotopic (exact) mass is 637 g/mol. The first-order chi connectivity index (χ1) is 21.9. The third kappa shape index (κ3) is 6.48. The third-order valence-electron chi connectivity index (χ3n) is 6.88. The molecule has 0 saturated heterocycles. The predicted molar refractivity (Wildman–Crippen MR) is 170 cm³/mol.